The van der Waals surface area contributed by atoms with Gasteiger partial charge in [0.2, 0.25) is 0 Å². The van der Waals surface area contributed by atoms with Gasteiger partial charge in [0.1, 0.15) is 50.1 Å². The van der Waals surface area contributed by atoms with Gasteiger partial charge >= 0.3 is 11.9 Å². The average Bonchev–Trinajstić information content (AvgIpc) is 3.47. The van der Waals surface area contributed by atoms with Crippen LogP contribution in [0, 0.1) is 0 Å². The third-order valence-corrected chi connectivity index (χ3v) is 9.50. The van der Waals surface area contributed by atoms with Crippen LogP contribution in [0.25, 0.3) is 32.7 Å². The third-order valence-electron chi connectivity index (χ3n) is 9.50. The molecule has 6 aromatic rings. The molecule has 1 aliphatic rings. The van der Waals surface area contributed by atoms with Gasteiger partial charge in [-0.25, -0.2) is 9.59 Å². The van der Waals surface area contributed by atoms with Gasteiger partial charge in [-0.05, 0) is 103 Å². The van der Waals surface area contributed by atoms with Gasteiger partial charge in [0.25, 0.3) is 0 Å². The third kappa shape index (κ3) is 7.02. The average molecular weight is 707 g/mol. The van der Waals surface area contributed by atoms with E-state index in [9.17, 15) is 19.8 Å². The first-order valence-corrected chi connectivity index (χ1v) is 17.3. The number of rotatable bonds is 14. The van der Waals surface area contributed by atoms with Crippen LogP contribution >= 0.6 is 0 Å². The minimum Gasteiger partial charge on any atom is -0.491 e. The molecule has 0 aliphatic heterocycles. The molecule has 0 radical (unpaired) electrons. The lowest BCUT2D eigenvalue weighted by Gasteiger charge is -2.34. The fraction of sp³-hybridized carbons (Fsp3) is 0.156. The molecule has 0 saturated carbocycles. The van der Waals surface area contributed by atoms with Crippen molar-refractivity contribution < 1.29 is 38.7 Å². The van der Waals surface area contributed by atoms with Gasteiger partial charge in [-0.15, -0.1) is 0 Å². The molecule has 8 nitrogen and oxygen atoms in total. The summed E-state index contributed by atoms with van der Waals surface area (Å²) in [5.41, 5.74) is 5.78. The zero-order valence-corrected chi connectivity index (χ0v) is 28.9. The summed E-state index contributed by atoms with van der Waals surface area (Å²) in [6, 6.07) is 41.6. The highest BCUT2D eigenvalue weighted by Crippen LogP contribution is 2.58. The normalized spacial score (nSPS) is 13.7. The van der Waals surface area contributed by atoms with Crippen LogP contribution in [-0.2, 0) is 24.5 Å². The topological polar surface area (TPSA) is 112 Å². The molecule has 0 aromatic heterocycles. The highest BCUT2D eigenvalue weighted by atomic mass is 16.6. The molecule has 0 heterocycles. The Labute approximate surface area is 307 Å². The SMILES string of the molecule is C=CC(=O)OCC(O)COc1ccc(C2(c3ccc(OCC(O)COC(=O)C=C)cc3)c3cc4ccccc4cc3-c3cc4ccccc4cc32)cc1. The summed E-state index contributed by atoms with van der Waals surface area (Å²) < 4.78 is 21.7. The Bertz CT molecular complexity index is 2140. The Morgan fingerprint density at radius 2 is 0.906 bits per heavy atom. The lowest BCUT2D eigenvalue weighted by molar-refractivity contribution is -0.142. The van der Waals surface area contributed by atoms with Crippen LogP contribution in [0.4, 0.5) is 0 Å². The predicted molar refractivity (Wildman–Crippen MR) is 204 cm³/mol. The van der Waals surface area contributed by atoms with E-state index in [4.69, 9.17) is 18.9 Å². The first kappa shape index (κ1) is 35.2. The predicted octanol–water partition coefficient (Wildman–Crippen LogP) is 7.29. The van der Waals surface area contributed by atoms with E-state index in [-0.39, 0.29) is 26.4 Å². The maximum atomic E-state index is 11.4. The Hall–Kier alpha value is -6.22. The number of hydrogen-bond acceptors (Lipinski definition) is 8. The second kappa shape index (κ2) is 15.2. The Kier molecular flexibility index (Phi) is 10.1. The van der Waals surface area contributed by atoms with Crippen molar-refractivity contribution in [2.45, 2.75) is 17.6 Å². The fourth-order valence-corrected chi connectivity index (χ4v) is 7.04. The summed E-state index contributed by atoms with van der Waals surface area (Å²) in [5, 5.41) is 25.2. The number of benzene rings is 6. The number of aliphatic hydroxyl groups excluding tert-OH is 2. The van der Waals surface area contributed by atoms with E-state index in [0.29, 0.717) is 11.5 Å². The van der Waals surface area contributed by atoms with E-state index in [2.05, 4.69) is 73.8 Å². The minimum absolute atomic E-state index is 0.0641. The first-order chi connectivity index (χ1) is 25.8. The van der Waals surface area contributed by atoms with Crippen molar-refractivity contribution in [2.75, 3.05) is 26.4 Å². The highest BCUT2D eigenvalue weighted by Gasteiger charge is 2.46. The second-order valence-corrected chi connectivity index (χ2v) is 12.9. The minimum atomic E-state index is -1.01. The molecule has 53 heavy (non-hydrogen) atoms. The molecule has 8 heteroatoms. The smallest absolute Gasteiger partial charge is 0.330 e. The number of aliphatic hydroxyl groups is 2. The summed E-state index contributed by atoms with van der Waals surface area (Å²) in [6.07, 6.45) is 0.0720. The number of esters is 2. The molecule has 0 spiro atoms. The summed E-state index contributed by atoms with van der Waals surface area (Å²) in [4.78, 5) is 22.9. The molecule has 2 N–H and O–H groups in total. The number of hydrogen-bond donors (Lipinski definition) is 2. The Morgan fingerprint density at radius 1 is 0.547 bits per heavy atom. The number of fused-ring (bicyclic) bond motifs is 5. The lowest BCUT2D eigenvalue weighted by Crippen LogP contribution is -2.29. The van der Waals surface area contributed by atoms with Gasteiger partial charge in [0, 0.05) is 12.2 Å². The number of ether oxygens (including phenoxy) is 4. The summed E-state index contributed by atoms with van der Waals surface area (Å²) in [6.45, 7) is 6.20. The molecule has 0 amide bonds. The zero-order chi connectivity index (χ0) is 37.0. The van der Waals surface area contributed by atoms with Crippen molar-refractivity contribution in [1.82, 2.24) is 0 Å². The van der Waals surface area contributed by atoms with Crippen molar-refractivity contribution in [3.05, 3.63) is 169 Å². The second-order valence-electron chi connectivity index (χ2n) is 12.9. The summed E-state index contributed by atoms with van der Waals surface area (Å²) >= 11 is 0. The maximum Gasteiger partial charge on any atom is 0.330 e. The van der Waals surface area contributed by atoms with Gasteiger partial charge < -0.3 is 29.2 Å². The van der Waals surface area contributed by atoms with Gasteiger partial charge in [-0.1, -0.05) is 86.0 Å². The molecule has 1 aliphatic carbocycles. The van der Waals surface area contributed by atoms with Gasteiger partial charge in [-0.2, -0.15) is 0 Å². The van der Waals surface area contributed by atoms with Crippen LogP contribution in [-0.4, -0.2) is 60.8 Å². The lowest BCUT2D eigenvalue weighted by atomic mass is 9.67. The molecule has 0 saturated heterocycles. The van der Waals surface area contributed by atoms with Gasteiger partial charge in [-0.3, -0.25) is 0 Å². The van der Waals surface area contributed by atoms with Crippen LogP contribution in [0.2, 0.25) is 0 Å². The van der Waals surface area contributed by atoms with Crippen molar-refractivity contribution in [2.24, 2.45) is 0 Å². The van der Waals surface area contributed by atoms with E-state index in [1.807, 2.05) is 60.7 Å². The van der Waals surface area contributed by atoms with E-state index in [1.165, 1.54) is 0 Å². The quantitative estimate of drug-likeness (QED) is 0.0896. The maximum absolute atomic E-state index is 11.4. The Balaban J connectivity index is 1.31. The van der Waals surface area contributed by atoms with Crippen LogP contribution in [0.5, 0.6) is 11.5 Å². The Morgan fingerprint density at radius 3 is 1.26 bits per heavy atom. The van der Waals surface area contributed by atoms with E-state index < -0.39 is 29.6 Å². The number of carbonyl (C=O) groups excluding carboxylic acids is 2. The van der Waals surface area contributed by atoms with Crippen molar-refractivity contribution in [3.8, 4) is 22.6 Å². The monoisotopic (exact) mass is 706 g/mol. The zero-order valence-electron chi connectivity index (χ0n) is 28.9. The molecule has 0 fully saturated rings. The van der Waals surface area contributed by atoms with Crippen LogP contribution in [0.15, 0.2) is 147 Å². The first-order valence-electron chi connectivity index (χ1n) is 17.3. The standard InChI is InChI=1S/C45H38O8/c1-3-43(48)52-27-35(46)25-50-37-17-13-33(14-18-37)45(34-15-19-38(20-16-34)51-26-36(47)28-53-44(49)4-2)41-23-31-11-7-5-9-29(31)21-39(41)40-22-30-10-6-8-12-32(30)24-42(40)45/h3-24,35-36,46-47H,1-2,25-28H2. The van der Waals surface area contributed by atoms with Crippen molar-refractivity contribution in [3.63, 3.8) is 0 Å². The van der Waals surface area contributed by atoms with E-state index in [1.54, 1.807) is 0 Å². The molecule has 7 rings (SSSR count). The van der Waals surface area contributed by atoms with Crippen LogP contribution in [0.3, 0.4) is 0 Å². The van der Waals surface area contributed by atoms with E-state index in [0.717, 1.165) is 67.1 Å². The molecule has 2 atom stereocenters. The molecule has 0 bridgehead atoms. The molecular weight excluding hydrogens is 668 g/mol. The summed E-state index contributed by atoms with van der Waals surface area (Å²) in [5.74, 6) is -0.121. The molecular formula is C45H38O8. The highest BCUT2D eigenvalue weighted by molar-refractivity contribution is 6.00. The molecule has 6 aromatic carbocycles. The van der Waals surface area contributed by atoms with Crippen molar-refractivity contribution >= 4 is 33.5 Å². The van der Waals surface area contributed by atoms with E-state index >= 15 is 0 Å². The largest absolute Gasteiger partial charge is 0.491 e. The number of carbonyl (C=O) groups is 2. The summed E-state index contributed by atoms with van der Waals surface area (Å²) in [7, 11) is 0. The van der Waals surface area contributed by atoms with Crippen molar-refractivity contribution in [1.29, 1.82) is 0 Å². The molecule has 2 unspecified atom stereocenters. The van der Waals surface area contributed by atoms with Gasteiger partial charge in [0.05, 0.1) is 5.41 Å². The molecule has 266 valence electrons. The fourth-order valence-electron chi connectivity index (χ4n) is 7.04. The van der Waals surface area contributed by atoms with Crippen LogP contribution < -0.4 is 9.47 Å². The van der Waals surface area contributed by atoms with Gasteiger partial charge in [0.15, 0.2) is 0 Å². The van der Waals surface area contributed by atoms with Crippen LogP contribution in [0.1, 0.15) is 22.3 Å².